The molecule has 40 heavy (non-hydrogen) atoms. The Balaban J connectivity index is 1.01. The van der Waals surface area contributed by atoms with Crippen LogP contribution in [0.25, 0.3) is 22.3 Å². The van der Waals surface area contributed by atoms with Gasteiger partial charge < -0.3 is 35.5 Å². The number of aromatic amines is 1. The van der Waals surface area contributed by atoms with Gasteiger partial charge in [-0.2, -0.15) is 4.98 Å². The number of anilines is 2. The van der Waals surface area contributed by atoms with Gasteiger partial charge in [0.05, 0.1) is 37.6 Å². The molecule has 6 N–H and O–H groups in total. The number of H-pyrrole nitrogens is 1. The van der Waals surface area contributed by atoms with Crippen LogP contribution in [0, 0.1) is 5.92 Å². The monoisotopic (exact) mass is 554 g/mol. The third kappa shape index (κ3) is 4.28. The number of nitrogens with one attached hydrogen (secondary N) is 1. The fourth-order valence-electron chi connectivity index (χ4n) is 6.09. The van der Waals surface area contributed by atoms with Crippen LogP contribution >= 0.6 is 0 Å². The maximum absolute atomic E-state index is 12.1. The topological polar surface area (TPSA) is 216 Å². The number of nitrogens with two attached hydrogens (primary N) is 2. The molecule has 3 saturated heterocycles. The van der Waals surface area contributed by atoms with Crippen LogP contribution in [0.4, 0.5) is 11.8 Å². The maximum Gasteiger partial charge on any atom is 0.280 e. The summed E-state index contributed by atoms with van der Waals surface area (Å²) < 4.78 is 28.0. The van der Waals surface area contributed by atoms with Crippen molar-refractivity contribution in [3.05, 3.63) is 29.3 Å². The van der Waals surface area contributed by atoms with Crippen molar-refractivity contribution in [2.24, 2.45) is 5.92 Å². The molecule has 0 aromatic carbocycles. The minimum Gasteiger partial charge on any atom is -0.382 e. The number of aromatic nitrogens is 8. The lowest BCUT2D eigenvalue weighted by atomic mass is 9.95. The third-order valence-electron chi connectivity index (χ3n) is 7.90. The van der Waals surface area contributed by atoms with Crippen molar-refractivity contribution >= 4 is 34.1 Å². The van der Waals surface area contributed by atoms with Gasteiger partial charge in [-0.15, -0.1) is 0 Å². The van der Waals surface area contributed by atoms with E-state index in [1.54, 1.807) is 10.9 Å². The van der Waals surface area contributed by atoms with Gasteiger partial charge in [0.25, 0.3) is 5.56 Å². The lowest BCUT2D eigenvalue weighted by Crippen LogP contribution is -2.45. The Bertz CT molecular complexity index is 1620. The quantitative estimate of drug-likeness (QED) is 0.251. The van der Waals surface area contributed by atoms with Crippen LogP contribution in [0.5, 0.6) is 0 Å². The second kappa shape index (κ2) is 9.45. The van der Waals surface area contributed by atoms with Gasteiger partial charge in [-0.05, 0) is 26.2 Å². The van der Waals surface area contributed by atoms with E-state index in [4.69, 9.17) is 30.4 Å². The van der Waals surface area contributed by atoms with Crippen molar-refractivity contribution in [2.75, 3.05) is 24.7 Å². The first kappa shape index (κ1) is 25.3. The fraction of sp³-hybridized carbons (Fsp3) is 0.583. The van der Waals surface area contributed by atoms with Gasteiger partial charge in [-0.25, -0.2) is 19.9 Å². The van der Waals surface area contributed by atoms with Crippen LogP contribution < -0.4 is 17.0 Å². The van der Waals surface area contributed by atoms with Gasteiger partial charge in [0.2, 0.25) is 5.95 Å². The van der Waals surface area contributed by atoms with E-state index in [1.807, 2.05) is 11.5 Å². The van der Waals surface area contributed by atoms with Gasteiger partial charge in [0.1, 0.15) is 30.9 Å². The smallest absolute Gasteiger partial charge is 0.280 e. The van der Waals surface area contributed by atoms with Crippen LogP contribution in [-0.4, -0.2) is 81.5 Å². The summed E-state index contributed by atoms with van der Waals surface area (Å²) >= 11 is 0. The van der Waals surface area contributed by atoms with Crippen LogP contribution in [0.1, 0.15) is 45.1 Å². The van der Waals surface area contributed by atoms with Gasteiger partial charge >= 0.3 is 0 Å². The summed E-state index contributed by atoms with van der Waals surface area (Å²) in [6, 6.07) is 0. The summed E-state index contributed by atoms with van der Waals surface area (Å²) in [6.45, 7) is 2.12. The molecule has 4 aromatic rings. The Kier molecular flexibility index (Phi) is 5.97. The molecule has 0 aliphatic carbocycles. The molecule has 7 atom stereocenters. The van der Waals surface area contributed by atoms with E-state index in [0.717, 1.165) is 6.42 Å². The molecule has 7 heterocycles. The highest BCUT2D eigenvalue weighted by atomic mass is 16.7. The Morgan fingerprint density at radius 2 is 1.95 bits per heavy atom. The first-order chi connectivity index (χ1) is 19.3. The van der Waals surface area contributed by atoms with E-state index in [-0.39, 0.29) is 61.4 Å². The fourth-order valence-corrected chi connectivity index (χ4v) is 6.09. The number of hydrogen-bond acceptors (Lipinski definition) is 13. The van der Waals surface area contributed by atoms with E-state index in [1.165, 1.54) is 12.7 Å². The van der Waals surface area contributed by atoms with E-state index in [2.05, 4.69) is 29.9 Å². The minimum absolute atomic E-state index is 0.0166. The van der Waals surface area contributed by atoms with E-state index in [9.17, 15) is 9.90 Å². The van der Waals surface area contributed by atoms with Crippen LogP contribution in [0.2, 0.25) is 0 Å². The summed E-state index contributed by atoms with van der Waals surface area (Å²) in [7, 11) is 0. The van der Waals surface area contributed by atoms with Crippen molar-refractivity contribution < 1.29 is 24.1 Å². The molecule has 0 spiro atoms. The number of imidazole rings is 2. The highest BCUT2D eigenvalue weighted by molar-refractivity contribution is 5.81. The van der Waals surface area contributed by atoms with Crippen molar-refractivity contribution in [2.45, 2.75) is 69.2 Å². The summed E-state index contributed by atoms with van der Waals surface area (Å²) in [5.41, 5.74) is 12.9. The molecule has 7 rings (SSSR count). The average molecular weight is 555 g/mol. The lowest BCUT2D eigenvalue weighted by Gasteiger charge is -2.35. The summed E-state index contributed by atoms with van der Waals surface area (Å²) in [6.07, 6.45) is 5.46. The molecule has 0 radical (unpaired) electrons. The second-order valence-electron chi connectivity index (χ2n) is 10.7. The van der Waals surface area contributed by atoms with Crippen LogP contribution in [0.15, 0.2) is 23.8 Å². The van der Waals surface area contributed by atoms with E-state index in [0.29, 0.717) is 41.9 Å². The predicted molar refractivity (Wildman–Crippen MR) is 138 cm³/mol. The zero-order valence-electron chi connectivity index (χ0n) is 21.7. The van der Waals surface area contributed by atoms with Crippen LogP contribution in [0.3, 0.4) is 0 Å². The highest BCUT2D eigenvalue weighted by Crippen LogP contribution is 2.45. The number of fused-ring (bicyclic) bond motifs is 4. The molecule has 0 amide bonds. The Morgan fingerprint density at radius 3 is 2.83 bits per heavy atom. The van der Waals surface area contributed by atoms with Crippen molar-refractivity contribution in [1.29, 1.82) is 0 Å². The highest BCUT2D eigenvalue weighted by Gasteiger charge is 2.49. The Hall–Kier alpha value is -3.70. The van der Waals surface area contributed by atoms with Crippen molar-refractivity contribution in [3.8, 4) is 0 Å². The largest absolute Gasteiger partial charge is 0.382 e. The molecule has 2 unspecified atom stereocenters. The molecule has 3 aliphatic rings. The Morgan fingerprint density at radius 1 is 1.12 bits per heavy atom. The van der Waals surface area contributed by atoms with Gasteiger partial charge in [0.15, 0.2) is 28.4 Å². The molecular weight excluding hydrogens is 524 g/mol. The number of rotatable bonds is 6. The lowest BCUT2D eigenvalue weighted by molar-refractivity contribution is -0.282. The summed E-state index contributed by atoms with van der Waals surface area (Å²) in [4.78, 5) is 35.6. The van der Waals surface area contributed by atoms with Crippen LogP contribution in [-0.2, 0) is 18.9 Å². The molecule has 16 nitrogen and oxygen atoms in total. The predicted octanol–water partition coefficient (Wildman–Crippen LogP) is 0.219. The van der Waals surface area contributed by atoms with Crippen molar-refractivity contribution in [3.63, 3.8) is 0 Å². The number of aliphatic hydroxyl groups is 1. The molecule has 212 valence electrons. The molecule has 4 aromatic heterocycles. The number of ether oxygens (including phenoxy) is 4. The number of nitrogens with zero attached hydrogens (tertiary/aromatic N) is 7. The second-order valence-corrected chi connectivity index (χ2v) is 10.7. The summed E-state index contributed by atoms with van der Waals surface area (Å²) in [5, 5.41) is 11.5. The first-order valence-electron chi connectivity index (χ1n) is 13.2. The number of hydrogen-bond donors (Lipinski definition) is 4. The Labute approximate surface area is 226 Å². The minimum atomic E-state index is -1.51. The maximum atomic E-state index is 12.1. The molecular formula is C24H30N10O6. The molecule has 2 bridgehead atoms. The molecule has 3 fully saturated rings. The zero-order valence-corrected chi connectivity index (χ0v) is 21.7. The third-order valence-corrected chi connectivity index (χ3v) is 7.90. The zero-order chi connectivity index (χ0) is 27.6. The standard InChI is InChI=1S/C24H30N10O6/c1-11-14-4-12(22(39-14)34-10-29-16-18(25)27-8-28-19(16)34)5-24(36,40-11)7-37-6-13-2-3-15(38-13)33-9-30-17-20(33)31-23(26)32-21(17)35/h8-15,22,36H,2-7H2,1H3,(H2,25,27,28)(H3,26,31,32,35)/t11-,12+,13+,14+,15?,22?,24+/m1/s1. The summed E-state index contributed by atoms with van der Waals surface area (Å²) in [5.74, 6) is -1.26. The SMILES string of the molecule is C[C@H]1O[C@](O)(COC[C@@H]2CCC(n3cnc4c(=O)[nH]c(N)nc43)O2)C[C@@H]2C[C@@H]1OC2n1cnc2c(N)ncnc21. The molecule has 3 aliphatic heterocycles. The molecule has 16 heteroatoms. The normalized spacial score (nSPS) is 32.2. The molecule has 0 saturated carbocycles. The van der Waals surface area contributed by atoms with Gasteiger partial charge in [-0.3, -0.25) is 18.9 Å². The van der Waals surface area contributed by atoms with E-state index < -0.39 is 11.3 Å². The van der Waals surface area contributed by atoms with Gasteiger partial charge in [0, 0.05) is 12.3 Å². The van der Waals surface area contributed by atoms with E-state index >= 15 is 0 Å². The number of nitrogen functional groups attached to an aromatic ring is 2. The van der Waals surface area contributed by atoms with Crippen molar-refractivity contribution in [1.82, 2.24) is 39.0 Å². The average Bonchev–Trinajstić information content (AvgIpc) is 3.68. The first-order valence-corrected chi connectivity index (χ1v) is 13.2. The van der Waals surface area contributed by atoms with Gasteiger partial charge in [-0.1, -0.05) is 0 Å².